The predicted octanol–water partition coefficient (Wildman–Crippen LogP) is 3.16. The van der Waals surface area contributed by atoms with E-state index in [4.69, 9.17) is 14.2 Å². The minimum atomic E-state index is -0.809. The zero-order valence-electron chi connectivity index (χ0n) is 16.9. The molecule has 1 aliphatic heterocycles. The number of nitrogens with zero attached hydrogens (tertiary/aromatic N) is 1. The van der Waals surface area contributed by atoms with Gasteiger partial charge in [0.15, 0.2) is 11.5 Å². The smallest absolute Gasteiger partial charge is 0.335 e. The molecule has 0 spiro atoms. The topological polar surface area (TPSA) is 94.2 Å². The van der Waals surface area contributed by atoms with Crippen LogP contribution in [0.25, 0.3) is 6.08 Å². The van der Waals surface area contributed by atoms with Gasteiger partial charge in [0.25, 0.3) is 11.8 Å². The van der Waals surface area contributed by atoms with E-state index < -0.39 is 17.8 Å². The number of benzene rings is 2. The Labute approximate surface area is 174 Å². The van der Waals surface area contributed by atoms with Gasteiger partial charge in [-0.15, -0.1) is 0 Å². The Hall–Kier alpha value is -3.81. The summed E-state index contributed by atoms with van der Waals surface area (Å²) in [6, 6.07) is 10.7. The maximum Gasteiger partial charge on any atom is 0.335 e. The summed E-state index contributed by atoms with van der Waals surface area (Å²) >= 11 is 0. The number of barbiturate groups is 1. The van der Waals surface area contributed by atoms with E-state index in [-0.39, 0.29) is 5.57 Å². The number of methoxy groups -OCH3 is 1. The van der Waals surface area contributed by atoms with Gasteiger partial charge in [0.2, 0.25) is 0 Å². The highest BCUT2D eigenvalue weighted by atomic mass is 16.5. The lowest BCUT2D eigenvalue weighted by atomic mass is 10.1. The van der Waals surface area contributed by atoms with Crippen LogP contribution >= 0.6 is 0 Å². The van der Waals surface area contributed by atoms with Gasteiger partial charge >= 0.3 is 6.03 Å². The maximum absolute atomic E-state index is 13.0. The van der Waals surface area contributed by atoms with Gasteiger partial charge in [-0.1, -0.05) is 6.07 Å². The second-order valence-corrected chi connectivity index (χ2v) is 6.23. The van der Waals surface area contributed by atoms with Crippen molar-refractivity contribution in [3.8, 4) is 17.2 Å². The molecule has 30 heavy (non-hydrogen) atoms. The standard InChI is InChI=1S/C22H22N2O6/c1-4-29-16-9-7-15(8-10-16)24-21(26)17(20(25)23-22(24)27)12-14-6-11-18(28-3)19(13-14)30-5-2/h6-13H,4-5H2,1-3H3,(H,23,25,27)/b17-12+. The van der Waals surface area contributed by atoms with E-state index in [0.29, 0.717) is 41.7 Å². The molecule has 0 unspecified atom stereocenters. The summed E-state index contributed by atoms with van der Waals surface area (Å²) in [4.78, 5) is 38.6. The molecule has 4 amide bonds. The SMILES string of the molecule is CCOc1ccc(N2C(=O)NC(=O)/C(=C\c3ccc(OC)c(OCC)c3)C2=O)cc1. The Morgan fingerprint density at radius 2 is 1.63 bits per heavy atom. The first kappa shape index (κ1) is 20.9. The largest absolute Gasteiger partial charge is 0.494 e. The van der Waals surface area contributed by atoms with E-state index in [1.165, 1.54) is 13.2 Å². The minimum absolute atomic E-state index is 0.170. The van der Waals surface area contributed by atoms with E-state index in [1.54, 1.807) is 42.5 Å². The number of anilines is 1. The number of imide groups is 2. The Bertz CT molecular complexity index is 997. The molecule has 156 valence electrons. The number of urea groups is 1. The van der Waals surface area contributed by atoms with Crippen molar-refractivity contribution in [1.82, 2.24) is 5.32 Å². The molecule has 3 rings (SSSR count). The summed E-state index contributed by atoms with van der Waals surface area (Å²) in [7, 11) is 1.52. The fourth-order valence-electron chi connectivity index (χ4n) is 2.97. The van der Waals surface area contributed by atoms with E-state index in [0.717, 1.165) is 4.90 Å². The fraction of sp³-hybridized carbons (Fsp3) is 0.227. The molecule has 1 saturated heterocycles. The Kier molecular flexibility index (Phi) is 6.36. The molecule has 0 bridgehead atoms. The summed E-state index contributed by atoms with van der Waals surface area (Å²) in [6.07, 6.45) is 1.41. The zero-order chi connectivity index (χ0) is 21.7. The number of hydrogen-bond acceptors (Lipinski definition) is 6. The fourth-order valence-corrected chi connectivity index (χ4v) is 2.97. The highest BCUT2D eigenvalue weighted by Gasteiger charge is 2.36. The van der Waals surface area contributed by atoms with E-state index in [9.17, 15) is 14.4 Å². The number of carbonyl (C=O) groups is 3. The molecular formula is C22H22N2O6. The van der Waals surface area contributed by atoms with Crippen molar-refractivity contribution >= 4 is 29.6 Å². The molecular weight excluding hydrogens is 388 g/mol. The Balaban J connectivity index is 1.95. The van der Waals surface area contributed by atoms with Crippen molar-refractivity contribution < 1.29 is 28.6 Å². The third-order valence-electron chi connectivity index (χ3n) is 4.31. The van der Waals surface area contributed by atoms with Crippen LogP contribution in [0.2, 0.25) is 0 Å². The second-order valence-electron chi connectivity index (χ2n) is 6.23. The van der Waals surface area contributed by atoms with Crippen molar-refractivity contribution in [3.63, 3.8) is 0 Å². The van der Waals surface area contributed by atoms with Gasteiger partial charge in [-0.3, -0.25) is 14.9 Å². The second kappa shape index (κ2) is 9.13. The molecule has 2 aromatic carbocycles. The normalized spacial score (nSPS) is 15.2. The summed E-state index contributed by atoms with van der Waals surface area (Å²) in [6.45, 7) is 4.61. The van der Waals surface area contributed by atoms with Crippen LogP contribution in [0.4, 0.5) is 10.5 Å². The number of nitrogens with one attached hydrogen (secondary N) is 1. The first-order chi connectivity index (χ1) is 14.5. The summed E-state index contributed by atoms with van der Waals surface area (Å²) in [5.41, 5.74) is 0.707. The Morgan fingerprint density at radius 3 is 2.27 bits per heavy atom. The van der Waals surface area contributed by atoms with Crippen molar-refractivity contribution in [2.45, 2.75) is 13.8 Å². The van der Waals surface area contributed by atoms with Crippen LogP contribution in [0.5, 0.6) is 17.2 Å². The molecule has 1 heterocycles. The number of carbonyl (C=O) groups excluding carboxylic acids is 3. The van der Waals surface area contributed by atoms with Gasteiger partial charge in [-0.2, -0.15) is 0 Å². The quantitative estimate of drug-likeness (QED) is 0.557. The monoisotopic (exact) mass is 410 g/mol. The molecule has 1 fully saturated rings. The minimum Gasteiger partial charge on any atom is -0.494 e. The highest BCUT2D eigenvalue weighted by Crippen LogP contribution is 2.30. The van der Waals surface area contributed by atoms with Crippen molar-refractivity contribution in [3.05, 3.63) is 53.6 Å². The van der Waals surface area contributed by atoms with Gasteiger partial charge in [-0.05, 0) is 61.9 Å². The lowest BCUT2D eigenvalue weighted by Gasteiger charge is -2.26. The lowest BCUT2D eigenvalue weighted by molar-refractivity contribution is -0.122. The van der Waals surface area contributed by atoms with Gasteiger partial charge < -0.3 is 14.2 Å². The van der Waals surface area contributed by atoms with E-state index in [2.05, 4.69) is 5.32 Å². The van der Waals surface area contributed by atoms with Gasteiger partial charge in [-0.25, -0.2) is 9.69 Å². The van der Waals surface area contributed by atoms with Gasteiger partial charge in [0.1, 0.15) is 11.3 Å². The number of amides is 4. The lowest BCUT2D eigenvalue weighted by Crippen LogP contribution is -2.54. The Morgan fingerprint density at radius 1 is 0.933 bits per heavy atom. The molecule has 0 aromatic heterocycles. The molecule has 0 aliphatic carbocycles. The average molecular weight is 410 g/mol. The average Bonchev–Trinajstić information content (AvgIpc) is 2.73. The van der Waals surface area contributed by atoms with Crippen LogP contribution in [-0.2, 0) is 9.59 Å². The van der Waals surface area contributed by atoms with Crippen LogP contribution in [0, 0.1) is 0 Å². The molecule has 1 N–H and O–H groups in total. The van der Waals surface area contributed by atoms with Gasteiger partial charge in [0, 0.05) is 0 Å². The molecule has 0 saturated carbocycles. The molecule has 0 radical (unpaired) electrons. The summed E-state index contributed by atoms with van der Waals surface area (Å²) in [5.74, 6) is 0.143. The van der Waals surface area contributed by atoms with Crippen molar-refractivity contribution in [2.24, 2.45) is 0 Å². The third kappa shape index (κ3) is 4.27. The predicted molar refractivity (Wildman–Crippen MR) is 111 cm³/mol. The van der Waals surface area contributed by atoms with Crippen LogP contribution in [0.1, 0.15) is 19.4 Å². The van der Waals surface area contributed by atoms with Crippen molar-refractivity contribution in [2.75, 3.05) is 25.2 Å². The van der Waals surface area contributed by atoms with E-state index in [1.807, 2.05) is 13.8 Å². The van der Waals surface area contributed by atoms with E-state index >= 15 is 0 Å². The van der Waals surface area contributed by atoms with Crippen molar-refractivity contribution in [1.29, 1.82) is 0 Å². The van der Waals surface area contributed by atoms with Crippen LogP contribution in [-0.4, -0.2) is 38.2 Å². The van der Waals surface area contributed by atoms with Crippen LogP contribution in [0.3, 0.4) is 0 Å². The first-order valence-electron chi connectivity index (χ1n) is 9.43. The zero-order valence-corrected chi connectivity index (χ0v) is 16.9. The number of rotatable bonds is 7. The molecule has 0 atom stereocenters. The van der Waals surface area contributed by atoms with Gasteiger partial charge in [0.05, 0.1) is 26.0 Å². The highest BCUT2D eigenvalue weighted by molar-refractivity contribution is 6.39. The van der Waals surface area contributed by atoms with Crippen LogP contribution < -0.4 is 24.4 Å². The first-order valence-corrected chi connectivity index (χ1v) is 9.43. The molecule has 8 heteroatoms. The van der Waals surface area contributed by atoms with Crippen LogP contribution in [0.15, 0.2) is 48.0 Å². The summed E-state index contributed by atoms with van der Waals surface area (Å²) < 4.78 is 16.2. The number of ether oxygens (including phenoxy) is 3. The maximum atomic E-state index is 13.0. The molecule has 2 aromatic rings. The molecule has 8 nitrogen and oxygen atoms in total. The molecule has 1 aliphatic rings. The third-order valence-corrected chi connectivity index (χ3v) is 4.31. The number of hydrogen-bond donors (Lipinski definition) is 1. The summed E-state index contributed by atoms with van der Waals surface area (Å²) in [5, 5.41) is 2.20.